The minimum atomic E-state index is -0.441. The van der Waals surface area contributed by atoms with E-state index in [2.05, 4.69) is 0 Å². The van der Waals surface area contributed by atoms with Crippen molar-refractivity contribution in [1.29, 1.82) is 0 Å². The van der Waals surface area contributed by atoms with Crippen LogP contribution in [0.4, 0.5) is 0 Å². The van der Waals surface area contributed by atoms with Crippen molar-refractivity contribution < 1.29 is 25.2 Å². The van der Waals surface area contributed by atoms with Gasteiger partial charge in [-0.3, -0.25) is 0 Å². The second-order valence-electron chi connectivity index (χ2n) is 3.75. The molecule has 5 nitrogen and oxygen atoms in total. The van der Waals surface area contributed by atoms with E-state index in [1.807, 2.05) is 0 Å². The van der Waals surface area contributed by atoms with Crippen LogP contribution in [0.2, 0.25) is 0 Å². The molecule has 5 heteroatoms. The van der Waals surface area contributed by atoms with Crippen molar-refractivity contribution >= 4 is 0 Å². The van der Waals surface area contributed by atoms with Gasteiger partial charge in [0.05, 0.1) is 25.4 Å². The number of ether oxygens (including phenoxy) is 1. The molecule has 0 spiro atoms. The normalized spacial score (nSPS) is 13.4. The van der Waals surface area contributed by atoms with Crippen LogP contribution in [-0.2, 0) is 4.74 Å². The fraction of sp³-hybridized carbons (Fsp3) is 0.500. The third kappa shape index (κ3) is 11.0. The summed E-state index contributed by atoms with van der Waals surface area (Å²) in [6.07, 6.45) is -0.882. The summed E-state index contributed by atoms with van der Waals surface area (Å²) >= 11 is 0. The van der Waals surface area contributed by atoms with Crippen LogP contribution in [0.3, 0.4) is 0 Å². The zero-order valence-corrected chi connectivity index (χ0v) is 10.1. The van der Waals surface area contributed by atoms with Crippen LogP contribution in [-0.4, -0.2) is 45.8 Å². The summed E-state index contributed by atoms with van der Waals surface area (Å²) in [4.78, 5) is 0. The molecule has 2 unspecified atom stereocenters. The van der Waals surface area contributed by atoms with Gasteiger partial charge in [-0.25, -0.2) is 0 Å². The number of rotatable bonds is 4. The van der Waals surface area contributed by atoms with Crippen LogP contribution in [0.25, 0.3) is 0 Å². The summed E-state index contributed by atoms with van der Waals surface area (Å²) in [6.45, 7) is 3.87. The van der Waals surface area contributed by atoms with Crippen LogP contribution in [0.15, 0.2) is 24.3 Å². The van der Waals surface area contributed by atoms with E-state index < -0.39 is 12.2 Å². The highest BCUT2D eigenvalue weighted by molar-refractivity contribution is 5.28. The van der Waals surface area contributed by atoms with Gasteiger partial charge in [-0.1, -0.05) is 0 Å². The Morgan fingerprint density at radius 1 is 0.882 bits per heavy atom. The fourth-order valence-electron chi connectivity index (χ4n) is 0.862. The molecule has 1 rings (SSSR count). The zero-order chi connectivity index (χ0) is 13.3. The van der Waals surface area contributed by atoms with Crippen molar-refractivity contribution in [2.45, 2.75) is 26.1 Å². The smallest absolute Gasteiger partial charge is 0.115 e. The molecule has 0 amide bonds. The Hall–Kier alpha value is -1.30. The summed E-state index contributed by atoms with van der Waals surface area (Å²) < 4.78 is 4.86. The topological polar surface area (TPSA) is 90.2 Å². The lowest BCUT2D eigenvalue weighted by molar-refractivity contribution is 0.00392. The lowest BCUT2D eigenvalue weighted by atomic mass is 10.3. The molecule has 1 aromatic rings. The highest BCUT2D eigenvalue weighted by atomic mass is 16.5. The minimum Gasteiger partial charge on any atom is -0.508 e. The third-order valence-electron chi connectivity index (χ3n) is 1.57. The number of hydrogen-bond acceptors (Lipinski definition) is 5. The summed E-state index contributed by atoms with van der Waals surface area (Å²) in [5, 5.41) is 34.6. The molecule has 17 heavy (non-hydrogen) atoms. The first-order valence-electron chi connectivity index (χ1n) is 5.33. The molecule has 0 saturated heterocycles. The fourth-order valence-corrected chi connectivity index (χ4v) is 0.862. The van der Waals surface area contributed by atoms with Crippen molar-refractivity contribution in [3.05, 3.63) is 24.3 Å². The van der Waals surface area contributed by atoms with E-state index >= 15 is 0 Å². The Morgan fingerprint density at radius 2 is 1.18 bits per heavy atom. The average Bonchev–Trinajstić information content (AvgIpc) is 2.22. The van der Waals surface area contributed by atoms with E-state index in [9.17, 15) is 0 Å². The van der Waals surface area contributed by atoms with E-state index in [1.165, 1.54) is 24.3 Å². The molecule has 0 bridgehead atoms. The Bertz CT molecular complexity index is 252. The first-order valence-corrected chi connectivity index (χ1v) is 5.33. The SMILES string of the molecule is CC(O)COCC(C)O.Oc1ccc(O)cc1. The first-order chi connectivity index (χ1) is 7.91. The second kappa shape index (κ2) is 8.81. The van der Waals surface area contributed by atoms with E-state index in [0.29, 0.717) is 13.2 Å². The van der Waals surface area contributed by atoms with Gasteiger partial charge in [-0.15, -0.1) is 0 Å². The van der Waals surface area contributed by atoms with Gasteiger partial charge in [-0.05, 0) is 38.1 Å². The minimum absolute atomic E-state index is 0.169. The van der Waals surface area contributed by atoms with Crippen LogP contribution in [0, 0.1) is 0 Å². The van der Waals surface area contributed by atoms with Gasteiger partial charge in [0.25, 0.3) is 0 Å². The maximum Gasteiger partial charge on any atom is 0.115 e. The van der Waals surface area contributed by atoms with Crippen molar-refractivity contribution in [1.82, 2.24) is 0 Å². The van der Waals surface area contributed by atoms with E-state index in [-0.39, 0.29) is 11.5 Å². The molecular formula is C12H20O5. The predicted octanol–water partition coefficient (Wildman–Crippen LogP) is 0.862. The Labute approximate surface area is 101 Å². The van der Waals surface area contributed by atoms with Crippen LogP contribution < -0.4 is 0 Å². The molecule has 0 saturated carbocycles. The Morgan fingerprint density at radius 3 is 1.41 bits per heavy atom. The molecule has 1 aromatic carbocycles. The van der Waals surface area contributed by atoms with Gasteiger partial charge in [0.2, 0.25) is 0 Å². The second-order valence-corrected chi connectivity index (χ2v) is 3.75. The summed E-state index contributed by atoms with van der Waals surface area (Å²) in [6, 6.07) is 5.70. The average molecular weight is 244 g/mol. The lowest BCUT2D eigenvalue weighted by Crippen LogP contribution is -2.16. The van der Waals surface area contributed by atoms with Crippen LogP contribution in [0.1, 0.15) is 13.8 Å². The quantitative estimate of drug-likeness (QED) is 0.590. The van der Waals surface area contributed by atoms with Crippen LogP contribution >= 0.6 is 0 Å². The third-order valence-corrected chi connectivity index (χ3v) is 1.57. The molecular weight excluding hydrogens is 224 g/mol. The maximum atomic E-state index is 8.66. The number of phenolic OH excluding ortho intramolecular Hbond substituents is 2. The largest absolute Gasteiger partial charge is 0.508 e. The standard InChI is InChI=1S/C6H14O3.C6H6O2/c1-5(7)3-9-4-6(2)8;7-5-1-2-6(8)4-3-5/h5-8H,3-4H2,1-2H3;1-4,7-8H. The number of hydrogen-bond donors (Lipinski definition) is 4. The zero-order valence-electron chi connectivity index (χ0n) is 10.1. The molecule has 4 N–H and O–H groups in total. The van der Waals surface area contributed by atoms with Gasteiger partial charge in [0.15, 0.2) is 0 Å². The van der Waals surface area contributed by atoms with Gasteiger partial charge in [0, 0.05) is 0 Å². The first kappa shape index (κ1) is 15.7. The highest BCUT2D eigenvalue weighted by Crippen LogP contribution is 2.13. The van der Waals surface area contributed by atoms with E-state index in [1.54, 1.807) is 13.8 Å². The van der Waals surface area contributed by atoms with Gasteiger partial charge in [0.1, 0.15) is 11.5 Å². The van der Waals surface area contributed by atoms with E-state index in [0.717, 1.165) is 0 Å². The molecule has 0 fully saturated rings. The number of aromatic hydroxyl groups is 2. The molecule has 0 aliphatic heterocycles. The van der Waals surface area contributed by atoms with Gasteiger partial charge >= 0.3 is 0 Å². The number of aliphatic hydroxyl groups is 2. The van der Waals surface area contributed by atoms with Crippen molar-refractivity contribution in [3.8, 4) is 11.5 Å². The van der Waals surface area contributed by atoms with Crippen molar-refractivity contribution in [2.75, 3.05) is 13.2 Å². The van der Waals surface area contributed by atoms with E-state index in [4.69, 9.17) is 25.2 Å². The lowest BCUT2D eigenvalue weighted by Gasteiger charge is -2.06. The van der Waals surface area contributed by atoms with Crippen molar-refractivity contribution in [3.63, 3.8) is 0 Å². The van der Waals surface area contributed by atoms with Crippen molar-refractivity contribution in [2.24, 2.45) is 0 Å². The monoisotopic (exact) mass is 244 g/mol. The summed E-state index contributed by atoms with van der Waals surface area (Å²) in [5.74, 6) is 0.339. The Balaban J connectivity index is 0.000000302. The molecule has 0 aliphatic carbocycles. The molecule has 2 atom stereocenters. The molecule has 98 valence electrons. The Kier molecular flexibility index (Phi) is 8.13. The highest BCUT2D eigenvalue weighted by Gasteiger charge is 1.97. The maximum absolute atomic E-state index is 8.66. The predicted molar refractivity (Wildman–Crippen MR) is 64.0 cm³/mol. The molecule has 0 aromatic heterocycles. The number of phenols is 2. The molecule has 0 aliphatic rings. The summed E-state index contributed by atoms with van der Waals surface area (Å²) in [5.41, 5.74) is 0. The van der Waals surface area contributed by atoms with Gasteiger partial charge in [-0.2, -0.15) is 0 Å². The number of benzene rings is 1. The van der Waals surface area contributed by atoms with Crippen LogP contribution in [0.5, 0.6) is 11.5 Å². The van der Waals surface area contributed by atoms with Gasteiger partial charge < -0.3 is 25.2 Å². The summed E-state index contributed by atoms with van der Waals surface area (Å²) in [7, 11) is 0. The molecule has 0 radical (unpaired) electrons. The molecule has 0 heterocycles. The number of aliphatic hydroxyl groups excluding tert-OH is 2.